The van der Waals surface area contributed by atoms with Gasteiger partial charge in [0.1, 0.15) is 6.07 Å². The minimum atomic E-state index is -0.0233. The molecule has 2 atom stereocenters. The topological polar surface area (TPSA) is 81.9 Å². The molecule has 134 valence electrons. The van der Waals surface area contributed by atoms with Gasteiger partial charge in [-0.25, -0.2) is 9.78 Å². The van der Waals surface area contributed by atoms with E-state index < -0.39 is 0 Å². The number of hydrogen-bond donors (Lipinski definition) is 1. The fourth-order valence-corrected chi connectivity index (χ4v) is 4.19. The molecule has 2 fully saturated rings. The number of nitrogens with one attached hydrogen (secondary N) is 1. The Morgan fingerprint density at radius 1 is 1.31 bits per heavy atom. The highest BCUT2D eigenvalue weighted by Gasteiger charge is 2.46. The summed E-state index contributed by atoms with van der Waals surface area (Å²) in [6, 6.07) is 8.50. The van der Waals surface area contributed by atoms with E-state index in [4.69, 9.17) is 5.26 Å². The van der Waals surface area contributed by atoms with Crippen molar-refractivity contribution in [3.8, 4) is 17.3 Å². The number of rotatable bonds is 2. The van der Waals surface area contributed by atoms with Gasteiger partial charge in [-0.05, 0) is 49.8 Å². The smallest absolute Gasteiger partial charge is 0.318 e. The molecular formula is C20H23N5O. The summed E-state index contributed by atoms with van der Waals surface area (Å²) in [6.07, 6.45) is 6.40. The molecule has 6 nitrogen and oxygen atoms in total. The summed E-state index contributed by atoms with van der Waals surface area (Å²) < 4.78 is 0. The van der Waals surface area contributed by atoms with Crippen molar-refractivity contribution in [1.29, 1.82) is 5.26 Å². The number of carbonyl (C=O) groups excluding carboxylic acids is 1. The molecule has 6 heteroatoms. The minimum absolute atomic E-state index is 0. The fourth-order valence-electron chi connectivity index (χ4n) is 4.19. The molecule has 2 aliphatic heterocycles. The molecule has 0 aliphatic carbocycles. The van der Waals surface area contributed by atoms with Crippen molar-refractivity contribution < 1.29 is 6.22 Å². The van der Waals surface area contributed by atoms with Crippen LogP contribution in [0.2, 0.25) is 0 Å². The average molecular weight is 349 g/mol. The van der Waals surface area contributed by atoms with E-state index in [9.17, 15) is 4.79 Å². The summed E-state index contributed by atoms with van der Waals surface area (Å²) >= 11 is 0. The summed E-state index contributed by atoms with van der Waals surface area (Å²) in [7, 11) is 0. The van der Waals surface area contributed by atoms with Gasteiger partial charge in [0.2, 0.25) is 0 Å². The van der Waals surface area contributed by atoms with E-state index in [1.807, 2.05) is 36.1 Å². The van der Waals surface area contributed by atoms with Gasteiger partial charge in [-0.3, -0.25) is 4.98 Å². The highest BCUT2D eigenvalue weighted by Crippen LogP contribution is 2.41. The largest absolute Gasteiger partial charge is 0.322 e. The molecule has 2 unspecified atom stereocenters. The van der Waals surface area contributed by atoms with Gasteiger partial charge in [0.15, 0.2) is 5.69 Å². The number of hydrogen-bond acceptors (Lipinski definition) is 4. The maximum Gasteiger partial charge on any atom is 0.322 e. The quantitative estimate of drug-likeness (QED) is 0.889. The normalized spacial score (nSPS) is 23.7. The Morgan fingerprint density at radius 2 is 2.08 bits per heavy atom. The van der Waals surface area contributed by atoms with Gasteiger partial charge in [0.05, 0.1) is 18.1 Å². The molecule has 0 spiro atoms. The number of nitrogens with zero attached hydrogens (tertiary/aromatic N) is 4. The molecule has 1 N–H and O–H groups in total. The number of urea groups is 1. The second kappa shape index (κ2) is 6.41. The zero-order valence-corrected chi connectivity index (χ0v) is 14.9. The molecule has 2 amide bonds. The molecular weight excluding hydrogens is 326 g/mol. The molecule has 4 rings (SSSR count). The first-order valence-corrected chi connectivity index (χ1v) is 8.97. The van der Waals surface area contributed by atoms with E-state index in [-0.39, 0.29) is 13.2 Å². The highest BCUT2D eigenvalue weighted by atomic mass is 16.2. The Morgan fingerprint density at radius 3 is 2.81 bits per heavy atom. The van der Waals surface area contributed by atoms with Gasteiger partial charge in [-0.15, -0.1) is 0 Å². The van der Waals surface area contributed by atoms with Crippen LogP contribution in [0.3, 0.4) is 0 Å². The number of benzene rings is 1. The first kappa shape index (κ1) is 16.5. The Kier molecular flexibility index (Phi) is 4.08. The summed E-state index contributed by atoms with van der Waals surface area (Å²) in [5.41, 5.74) is 3.52. The van der Waals surface area contributed by atoms with Gasteiger partial charge in [0.25, 0.3) is 0 Å². The van der Waals surface area contributed by atoms with E-state index in [1.165, 1.54) is 6.20 Å². The van der Waals surface area contributed by atoms with Crippen molar-refractivity contribution in [2.45, 2.75) is 45.2 Å². The number of fused-ring (bicyclic) bond motifs is 2. The molecule has 3 heterocycles. The molecule has 0 radical (unpaired) electrons. The SMILES string of the molecule is Cc1ccc(NC(=O)N2C3CC(C)CC2C3)cc1-c1cncc(C#N)n1.[HH]. The molecule has 1 aromatic heterocycles. The Balaban J connectivity index is 0.00000210. The van der Waals surface area contributed by atoms with Crippen LogP contribution in [0.1, 0.15) is 38.9 Å². The number of carbonyl (C=O) groups is 1. The van der Waals surface area contributed by atoms with Crippen LogP contribution < -0.4 is 5.32 Å². The molecule has 26 heavy (non-hydrogen) atoms. The second-order valence-corrected chi connectivity index (χ2v) is 7.39. The first-order chi connectivity index (χ1) is 12.5. The van der Waals surface area contributed by atoms with Crippen LogP contribution in [0.15, 0.2) is 30.6 Å². The first-order valence-electron chi connectivity index (χ1n) is 8.97. The minimum Gasteiger partial charge on any atom is -0.318 e. The van der Waals surface area contributed by atoms with Crippen molar-refractivity contribution in [2.75, 3.05) is 5.32 Å². The number of amides is 2. The fraction of sp³-hybridized carbons (Fsp3) is 0.400. The Bertz CT molecular complexity index is 897. The van der Waals surface area contributed by atoms with Crippen LogP contribution in [0, 0.1) is 24.2 Å². The lowest BCUT2D eigenvalue weighted by Crippen LogP contribution is -2.63. The molecule has 0 saturated carbocycles. The number of aryl methyl sites for hydroxylation is 1. The van der Waals surface area contributed by atoms with Crippen LogP contribution in [0.25, 0.3) is 11.3 Å². The lowest BCUT2D eigenvalue weighted by Gasteiger charge is -2.54. The van der Waals surface area contributed by atoms with Crippen molar-refractivity contribution >= 4 is 11.7 Å². The summed E-state index contributed by atoms with van der Waals surface area (Å²) in [5.74, 6) is 0.708. The van der Waals surface area contributed by atoms with E-state index in [0.29, 0.717) is 23.7 Å². The van der Waals surface area contributed by atoms with Gasteiger partial charge < -0.3 is 10.2 Å². The van der Waals surface area contributed by atoms with Crippen LogP contribution in [-0.4, -0.2) is 33.0 Å². The van der Waals surface area contributed by atoms with Crippen molar-refractivity contribution in [3.63, 3.8) is 0 Å². The lowest BCUT2D eigenvalue weighted by atomic mass is 9.74. The van der Waals surface area contributed by atoms with Gasteiger partial charge in [-0.1, -0.05) is 13.0 Å². The van der Waals surface area contributed by atoms with Crippen LogP contribution >= 0.6 is 0 Å². The van der Waals surface area contributed by atoms with Crippen LogP contribution in [-0.2, 0) is 0 Å². The molecule has 2 aromatic rings. The second-order valence-electron chi connectivity index (χ2n) is 7.39. The van der Waals surface area contributed by atoms with E-state index in [1.54, 1.807) is 6.20 Å². The van der Waals surface area contributed by atoms with Crippen molar-refractivity contribution in [3.05, 3.63) is 41.9 Å². The monoisotopic (exact) mass is 349 g/mol. The van der Waals surface area contributed by atoms with Crippen molar-refractivity contribution in [2.24, 2.45) is 5.92 Å². The summed E-state index contributed by atoms with van der Waals surface area (Å²) in [4.78, 5) is 23.1. The summed E-state index contributed by atoms with van der Waals surface area (Å²) in [5, 5.41) is 12.1. The van der Waals surface area contributed by atoms with Crippen LogP contribution in [0.4, 0.5) is 10.5 Å². The highest BCUT2D eigenvalue weighted by molar-refractivity contribution is 5.91. The van der Waals surface area contributed by atoms with E-state index in [2.05, 4.69) is 22.2 Å². The Labute approximate surface area is 154 Å². The standard InChI is InChI=1S/C20H21N5O.H2/c1-12-5-16-8-17(6-12)25(16)20(26)24-14-4-3-13(2)18(7-14)19-11-22-10-15(9-21)23-19;/h3-4,7,10-12,16-17H,5-6,8H2,1-2H3,(H,24,26);1H. The van der Waals surface area contributed by atoms with Gasteiger partial charge in [0, 0.05) is 24.8 Å². The maximum absolute atomic E-state index is 12.7. The van der Waals surface area contributed by atoms with Crippen molar-refractivity contribution in [1.82, 2.24) is 14.9 Å². The van der Waals surface area contributed by atoms with E-state index >= 15 is 0 Å². The third-order valence-corrected chi connectivity index (χ3v) is 5.43. The third kappa shape index (κ3) is 2.90. The molecule has 1 aromatic carbocycles. The lowest BCUT2D eigenvalue weighted by molar-refractivity contribution is -0.00600. The van der Waals surface area contributed by atoms with Gasteiger partial charge >= 0.3 is 6.03 Å². The molecule has 2 saturated heterocycles. The zero-order valence-electron chi connectivity index (χ0n) is 14.9. The predicted molar refractivity (Wildman–Crippen MR) is 100 cm³/mol. The summed E-state index contributed by atoms with van der Waals surface area (Å²) in [6.45, 7) is 4.24. The molecule has 2 bridgehead atoms. The number of aromatic nitrogens is 2. The maximum atomic E-state index is 12.7. The zero-order chi connectivity index (χ0) is 18.3. The van der Waals surface area contributed by atoms with Crippen LogP contribution in [0.5, 0.6) is 0 Å². The predicted octanol–water partition coefficient (Wildman–Crippen LogP) is 3.97. The van der Waals surface area contributed by atoms with E-state index in [0.717, 1.165) is 36.1 Å². The average Bonchev–Trinajstić information content (AvgIpc) is 2.63. The number of nitriles is 1. The number of piperidine rings is 1. The Hall–Kier alpha value is -2.94. The van der Waals surface area contributed by atoms with Gasteiger partial charge in [-0.2, -0.15) is 5.26 Å². The molecule has 2 aliphatic rings. The third-order valence-electron chi connectivity index (χ3n) is 5.43. The number of anilines is 1.